The van der Waals surface area contributed by atoms with Gasteiger partial charge in [-0.05, 0) is 24.6 Å². The van der Waals surface area contributed by atoms with E-state index in [0.717, 1.165) is 5.56 Å². The smallest absolute Gasteiger partial charge is 0.315 e. The third-order valence-corrected chi connectivity index (χ3v) is 3.93. The van der Waals surface area contributed by atoms with Crippen LogP contribution in [-0.4, -0.2) is 36.5 Å². The fraction of sp³-hybridized carbons (Fsp3) is 0.533. The van der Waals surface area contributed by atoms with Crippen LogP contribution in [0.15, 0.2) is 24.3 Å². The average Bonchev–Trinajstić information content (AvgIpc) is 2.46. The van der Waals surface area contributed by atoms with Crippen LogP contribution in [0.3, 0.4) is 0 Å². The van der Waals surface area contributed by atoms with E-state index in [0.29, 0.717) is 31.1 Å². The van der Waals surface area contributed by atoms with Gasteiger partial charge < -0.3 is 20.5 Å². The summed E-state index contributed by atoms with van der Waals surface area (Å²) in [6.07, 6.45) is 1.08. The molecule has 1 aromatic carbocycles. The molecule has 2 amide bonds. The van der Waals surface area contributed by atoms with Crippen molar-refractivity contribution < 1.29 is 14.6 Å². The molecule has 0 aromatic heterocycles. The largest absolute Gasteiger partial charge is 0.388 e. The number of amides is 2. The van der Waals surface area contributed by atoms with Crippen molar-refractivity contribution in [1.82, 2.24) is 10.6 Å². The molecule has 0 aliphatic carbocycles. The second-order valence-electron chi connectivity index (χ2n) is 5.44. The van der Waals surface area contributed by atoms with E-state index in [1.54, 1.807) is 6.07 Å². The fourth-order valence-corrected chi connectivity index (χ4v) is 2.48. The molecule has 5 nitrogen and oxygen atoms in total. The fourth-order valence-electron chi connectivity index (χ4n) is 2.28. The number of halogens is 1. The molecular formula is C15H21ClN2O3. The van der Waals surface area contributed by atoms with Gasteiger partial charge in [0.05, 0.1) is 11.6 Å². The Labute approximate surface area is 129 Å². The molecule has 0 radical (unpaired) electrons. The molecule has 1 atom stereocenters. The van der Waals surface area contributed by atoms with Gasteiger partial charge in [0.25, 0.3) is 0 Å². The van der Waals surface area contributed by atoms with Crippen molar-refractivity contribution in [2.24, 2.45) is 0 Å². The van der Waals surface area contributed by atoms with E-state index in [9.17, 15) is 9.90 Å². The number of carbonyl (C=O) groups is 1. The Morgan fingerprint density at radius 1 is 1.48 bits per heavy atom. The number of ether oxygens (including phenoxy) is 1. The van der Waals surface area contributed by atoms with Crippen molar-refractivity contribution in [3.05, 3.63) is 34.9 Å². The minimum absolute atomic E-state index is 0.159. The van der Waals surface area contributed by atoms with Crippen molar-refractivity contribution in [3.63, 3.8) is 0 Å². The van der Waals surface area contributed by atoms with Gasteiger partial charge in [0.2, 0.25) is 0 Å². The normalized spacial score (nSPS) is 18.8. The van der Waals surface area contributed by atoms with E-state index in [-0.39, 0.29) is 18.6 Å². The number of benzene rings is 1. The molecule has 1 saturated heterocycles. The van der Waals surface area contributed by atoms with Crippen LogP contribution < -0.4 is 10.6 Å². The third-order valence-electron chi connectivity index (χ3n) is 3.70. The van der Waals surface area contributed by atoms with Gasteiger partial charge in [-0.3, -0.25) is 0 Å². The quantitative estimate of drug-likeness (QED) is 0.798. The number of carbonyl (C=O) groups excluding carboxylic acids is 1. The van der Waals surface area contributed by atoms with Crippen LogP contribution in [0.1, 0.15) is 31.4 Å². The molecule has 1 aromatic rings. The SMILES string of the molecule is CC(NC(=O)NCC1(O)CCOCC1)c1cccc(Cl)c1. The topological polar surface area (TPSA) is 70.6 Å². The molecule has 1 aliphatic rings. The van der Waals surface area contributed by atoms with Crippen molar-refractivity contribution >= 4 is 17.6 Å². The Kier molecular flexibility index (Phi) is 5.45. The monoisotopic (exact) mass is 312 g/mol. The lowest BCUT2D eigenvalue weighted by molar-refractivity contribution is -0.0600. The molecule has 1 fully saturated rings. The molecule has 116 valence electrons. The Hall–Kier alpha value is -1.30. The summed E-state index contributed by atoms with van der Waals surface area (Å²) >= 11 is 5.93. The van der Waals surface area contributed by atoms with Crippen LogP contribution in [0.2, 0.25) is 5.02 Å². The molecular weight excluding hydrogens is 292 g/mol. The van der Waals surface area contributed by atoms with Crippen LogP contribution >= 0.6 is 11.6 Å². The first-order chi connectivity index (χ1) is 9.98. The molecule has 2 rings (SSSR count). The predicted molar refractivity (Wildman–Crippen MR) is 81.4 cm³/mol. The van der Waals surface area contributed by atoms with Crippen molar-refractivity contribution in [2.45, 2.75) is 31.4 Å². The minimum atomic E-state index is -0.866. The molecule has 3 N–H and O–H groups in total. The van der Waals surface area contributed by atoms with Crippen LogP contribution in [0, 0.1) is 0 Å². The maximum Gasteiger partial charge on any atom is 0.315 e. The van der Waals surface area contributed by atoms with Crippen LogP contribution in [0.5, 0.6) is 0 Å². The lowest BCUT2D eigenvalue weighted by Crippen LogP contribution is -2.49. The summed E-state index contributed by atoms with van der Waals surface area (Å²) in [4.78, 5) is 11.9. The molecule has 1 heterocycles. The Balaban J connectivity index is 1.81. The van der Waals surface area contributed by atoms with E-state index in [1.807, 2.05) is 25.1 Å². The van der Waals surface area contributed by atoms with E-state index >= 15 is 0 Å². The van der Waals surface area contributed by atoms with Crippen LogP contribution in [0.25, 0.3) is 0 Å². The van der Waals surface area contributed by atoms with Gasteiger partial charge in [-0.25, -0.2) is 4.79 Å². The van der Waals surface area contributed by atoms with Gasteiger partial charge in [-0.15, -0.1) is 0 Å². The number of rotatable bonds is 4. The van der Waals surface area contributed by atoms with E-state index in [4.69, 9.17) is 16.3 Å². The summed E-state index contributed by atoms with van der Waals surface area (Å²) in [6.45, 7) is 3.16. The van der Waals surface area contributed by atoms with Gasteiger partial charge in [0.15, 0.2) is 0 Å². The zero-order chi connectivity index (χ0) is 15.3. The van der Waals surface area contributed by atoms with Crippen LogP contribution in [-0.2, 0) is 4.74 Å². The highest BCUT2D eigenvalue weighted by atomic mass is 35.5. The first kappa shape index (κ1) is 16.1. The molecule has 21 heavy (non-hydrogen) atoms. The average molecular weight is 313 g/mol. The number of hydrogen-bond acceptors (Lipinski definition) is 3. The summed E-state index contributed by atoms with van der Waals surface area (Å²) in [5, 5.41) is 16.5. The first-order valence-corrected chi connectivity index (χ1v) is 7.46. The Bertz CT molecular complexity index is 490. The van der Waals surface area contributed by atoms with Gasteiger partial charge in [-0.1, -0.05) is 23.7 Å². The third kappa shape index (κ3) is 4.88. The van der Waals surface area contributed by atoms with Gasteiger partial charge in [-0.2, -0.15) is 0 Å². The zero-order valence-electron chi connectivity index (χ0n) is 12.1. The van der Waals surface area contributed by atoms with E-state index in [1.165, 1.54) is 0 Å². The minimum Gasteiger partial charge on any atom is -0.388 e. The summed E-state index contributed by atoms with van der Waals surface area (Å²) in [7, 11) is 0. The summed E-state index contributed by atoms with van der Waals surface area (Å²) in [5.74, 6) is 0. The van der Waals surface area contributed by atoms with Crippen molar-refractivity contribution in [2.75, 3.05) is 19.8 Å². The van der Waals surface area contributed by atoms with Crippen LogP contribution in [0.4, 0.5) is 4.79 Å². The van der Waals surface area contributed by atoms with Crippen molar-refractivity contribution in [1.29, 1.82) is 0 Å². The molecule has 1 unspecified atom stereocenters. The van der Waals surface area contributed by atoms with E-state index < -0.39 is 5.60 Å². The molecule has 1 aliphatic heterocycles. The number of urea groups is 1. The number of hydrogen-bond donors (Lipinski definition) is 3. The van der Waals surface area contributed by atoms with E-state index in [2.05, 4.69) is 10.6 Å². The maximum atomic E-state index is 11.9. The lowest BCUT2D eigenvalue weighted by atomic mass is 9.94. The summed E-state index contributed by atoms with van der Waals surface area (Å²) in [5.41, 5.74) is 0.0666. The molecule has 0 bridgehead atoms. The standard InChI is InChI=1S/C15H21ClN2O3/c1-11(12-3-2-4-13(16)9-12)18-14(19)17-10-15(20)5-7-21-8-6-15/h2-4,9,11,20H,5-8,10H2,1H3,(H2,17,18,19). The summed E-state index contributed by atoms with van der Waals surface area (Å²) < 4.78 is 5.20. The van der Waals surface area contributed by atoms with Gasteiger partial charge in [0.1, 0.15) is 0 Å². The molecule has 0 saturated carbocycles. The number of nitrogens with one attached hydrogen (secondary N) is 2. The highest BCUT2D eigenvalue weighted by molar-refractivity contribution is 6.30. The first-order valence-electron chi connectivity index (χ1n) is 7.08. The summed E-state index contributed by atoms with van der Waals surface area (Å²) in [6, 6.07) is 6.90. The van der Waals surface area contributed by atoms with Gasteiger partial charge >= 0.3 is 6.03 Å². The maximum absolute atomic E-state index is 11.9. The highest BCUT2D eigenvalue weighted by Gasteiger charge is 2.30. The lowest BCUT2D eigenvalue weighted by Gasteiger charge is -2.32. The Morgan fingerprint density at radius 3 is 2.86 bits per heavy atom. The second-order valence-corrected chi connectivity index (χ2v) is 5.88. The second kappa shape index (κ2) is 7.11. The highest BCUT2D eigenvalue weighted by Crippen LogP contribution is 2.19. The zero-order valence-corrected chi connectivity index (χ0v) is 12.8. The van der Waals surface area contributed by atoms with Gasteiger partial charge in [0, 0.05) is 37.6 Å². The Morgan fingerprint density at radius 2 is 2.19 bits per heavy atom. The number of aliphatic hydroxyl groups is 1. The predicted octanol–water partition coefficient (Wildman–Crippen LogP) is 2.24. The van der Waals surface area contributed by atoms with Crippen molar-refractivity contribution in [3.8, 4) is 0 Å². The molecule has 0 spiro atoms. The molecule has 6 heteroatoms.